The molecule has 28 heavy (non-hydrogen) atoms. The van der Waals surface area contributed by atoms with Crippen LogP contribution >= 0.6 is 27.7 Å². The van der Waals surface area contributed by atoms with Crippen molar-refractivity contribution in [2.45, 2.75) is 6.61 Å². The number of esters is 1. The molecule has 0 radical (unpaired) electrons. The van der Waals surface area contributed by atoms with Gasteiger partial charge in [0.2, 0.25) is 0 Å². The number of methoxy groups -OCH3 is 1. The van der Waals surface area contributed by atoms with E-state index in [9.17, 15) is 14.4 Å². The Kier molecular flexibility index (Phi) is 6.53. The third-order valence-corrected chi connectivity index (χ3v) is 5.34. The normalized spacial score (nSPS) is 15.2. The van der Waals surface area contributed by atoms with Crippen molar-refractivity contribution in [2.24, 2.45) is 0 Å². The molecule has 0 atom stereocenters. The van der Waals surface area contributed by atoms with Gasteiger partial charge in [0.1, 0.15) is 18.9 Å². The monoisotopic (exact) mass is 461 g/mol. The number of carbonyl (C=O) groups excluding carboxylic acids is 3. The van der Waals surface area contributed by atoms with E-state index in [4.69, 9.17) is 4.74 Å². The Morgan fingerprint density at radius 2 is 1.86 bits per heavy atom. The molecule has 1 aliphatic heterocycles. The van der Waals surface area contributed by atoms with Gasteiger partial charge in [-0.15, -0.1) is 0 Å². The van der Waals surface area contributed by atoms with Crippen LogP contribution < -0.4 is 4.74 Å². The number of hydrogen-bond acceptors (Lipinski definition) is 6. The van der Waals surface area contributed by atoms with Crippen molar-refractivity contribution in [1.82, 2.24) is 4.90 Å². The van der Waals surface area contributed by atoms with Crippen molar-refractivity contribution in [1.29, 1.82) is 0 Å². The Bertz CT molecular complexity index is 942. The van der Waals surface area contributed by atoms with E-state index in [0.29, 0.717) is 17.9 Å². The van der Waals surface area contributed by atoms with Crippen molar-refractivity contribution >= 4 is 50.9 Å². The third kappa shape index (κ3) is 4.82. The summed E-state index contributed by atoms with van der Waals surface area (Å²) < 4.78 is 11.4. The average Bonchev–Trinajstić information content (AvgIpc) is 2.95. The van der Waals surface area contributed by atoms with Crippen LogP contribution in [-0.2, 0) is 20.9 Å². The molecule has 1 aliphatic rings. The molecule has 0 spiro atoms. The lowest BCUT2D eigenvalue weighted by Crippen LogP contribution is -2.34. The Morgan fingerprint density at radius 3 is 2.57 bits per heavy atom. The van der Waals surface area contributed by atoms with Gasteiger partial charge in [-0.05, 0) is 41.6 Å². The number of halogens is 1. The van der Waals surface area contributed by atoms with Gasteiger partial charge in [-0.3, -0.25) is 19.3 Å². The van der Waals surface area contributed by atoms with E-state index >= 15 is 0 Å². The maximum absolute atomic E-state index is 12.5. The molecule has 0 saturated carbocycles. The van der Waals surface area contributed by atoms with Crippen molar-refractivity contribution < 1.29 is 23.9 Å². The first-order chi connectivity index (χ1) is 13.5. The fraction of sp³-hybridized carbons (Fsp3) is 0.150. The van der Waals surface area contributed by atoms with Crippen molar-refractivity contribution in [3.8, 4) is 5.75 Å². The van der Waals surface area contributed by atoms with E-state index in [0.717, 1.165) is 26.7 Å². The molecule has 1 fully saturated rings. The van der Waals surface area contributed by atoms with Crippen LogP contribution in [0.2, 0.25) is 0 Å². The lowest BCUT2D eigenvalue weighted by Gasteiger charge is -2.11. The smallest absolute Gasteiger partial charge is 0.325 e. The fourth-order valence-electron chi connectivity index (χ4n) is 2.44. The zero-order chi connectivity index (χ0) is 20.1. The second-order valence-electron chi connectivity index (χ2n) is 5.80. The third-order valence-electron chi connectivity index (χ3n) is 3.90. The summed E-state index contributed by atoms with van der Waals surface area (Å²) in [7, 11) is 1.20. The van der Waals surface area contributed by atoms with Crippen LogP contribution in [0.3, 0.4) is 0 Å². The topological polar surface area (TPSA) is 72.9 Å². The largest absolute Gasteiger partial charge is 0.488 e. The van der Waals surface area contributed by atoms with Crippen LogP contribution in [0.25, 0.3) is 6.08 Å². The number of thioether (sulfide) groups is 1. The lowest BCUT2D eigenvalue weighted by atomic mass is 10.1. The molecule has 0 aromatic heterocycles. The maximum atomic E-state index is 12.5. The van der Waals surface area contributed by atoms with Crippen LogP contribution in [-0.4, -0.2) is 35.7 Å². The van der Waals surface area contributed by atoms with Gasteiger partial charge < -0.3 is 9.47 Å². The molecule has 6 nitrogen and oxygen atoms in total. The van der Waals surface area contributed by atoms with Crippen LogP contribution in [0.4, 0.5) is 4.79 Å². The van der Waals surface area contributed by atoms with E-state index in [1.807, 2.05) is 36.4 Å². The van der Waals surface area contributed by atoms with Crippen molar-refractivity contribution in [3.63, 3.8) is 0 Å². The van der Waals surface area contributed by atoms with Crippen LogP contribution in [0.5, 0.6) is 5.75 Å². The second kappa shape index (κ2) is 9.07. The molecule has 0 N–H and O–H groups in total. The van der Waals surface area contributed by atoms with Gasteiger partial charge in [0, 0.05) is 10.0 Å². The Hall–Kier alpha value is -2.58. The van der Waals surface area contributed by atoms with Crippen LogP contribution in [0, 0.1) is 0 Å². The fourth-order valence-corrected chi connectivity index (χ4v) is 3.54. The van der Waals surface area contributed by atoms with Gasteiger partial charge in [0.25, 0.3) is 11.1 Å². The summed E-state index contributed by atoms with van der Waals surface area (Å²) in [4.78, 5) is 37.0. The highest BCUT2D eigenvalue weighted by Gasteiger charge is 2.36. The molecule has 2 amide bonds. The number of hydrogen-bond donors (Lipinski definition) is 0. The Balaban J connectivity index is 1.77. The molecular weight excluding hydrogens is 446 g/mol. The summed E-state index contributed by atoms with van der Waals surface area (Å²) in [5, 5.41) is -0.505. The number of nitrogens with zero attached hydrogens (tertiary/aromatic N) is 1. The molecule has 144 valence electrons. The average molecular weight is 462 g/mol. The highest BCUT2D eigenvalue weighted by atomic mass is 79.9. The predicted octanol–water partition coefficient (Wildman–Crippen LogP) is 4.24. The predicted molar refractivity (Wildman–Crippen MR) is 110 cm³/mol. The summed E-state index contributed by atoms with van der Waals surface area (Å²) in [5.74, 6) is -0.588. The zero-order valence-corrected chi connectivity index (χ0v) is 17.3. The minimum Gasteiger partial charge on any atom is -0.488 e. The molecular formula is C20H16BrNO5S. The SMILES string of the molecule is COC(=O)CN1C(=O)S/C(=C\c2ccccc2OCc2ccc(Br)cc2)C1=O. The van der Waals surface area contributed by atoms with Gasteiger partial charge in [-0.1, -0.05) is 46.3 Å². The van der Waals surface area contributed by atoms with Crippen molar-refractivity contribution in [3.05, 3.63) is 69.0 Å². The minimum absolute atomic E-state index is 0.230. The quantitative estimate of drug-likeness (QED) is 0.473. The van der Waals surface area contributed by atoms with Crippen LogP contribution in [0.15, 0.2) is 57.9 Å². The first-order valence-electron chi connectivity index (χ1n) is 8.26. The number of rotatable bonds is 6. The number of imide groups is 1. The van der Waals surface area contributed by atoms with Gasteiger partial charge in [-0.2, -0.15) is 0 Å². The summed E-state index contributed by atoms with van der Waals surface area (Å²) in [6.07, 6.45) is 1.60. The van der Waals surface area contributed by atoms with Crippen LogP contribution in [0.1, 0.15) is 11.1 Å². The summed E-state index contributed by atoms with van der Waals surface area (Å²) in [6, 6.07) is 15.0. The first-order valence-corrected chi connectivity index (χ1v) is 9.87. The van der Waals surface area contributed by atoms with E-state index in [2.05, 4.69) is 20.7 Å². The van der Waals surface area contributed by atoms with E-state index in [1.54, 1.807) is 18.2 Å². The number of para-hydroxylation sites is 1. The number of amides is 2. The highest BCUT2D eigenvalue weighted by molar-refractivity contribution is 9.10. The summed E-state index contributed by atoms with van der Waals surface area (Å²) >= 11 is 4.18. The molecule has 1 heterocycles. The van der Waals surface area contributed by atoms with Gasteiger partial charge in [0.15, 0.2) is 0 Å². The van der Waals surface area contributed by atoms with Gasteiger partial charge in [0.05, 0.1) is 12.0 Å². The summed E-state index contributed by atoms with van der Waals surface area (Å²) in [5.41, 5.74) is 1.67. The summed E-state index contributed by atoms with van der Waals surface area (Å²) in [6.45, 7) is -0.0395. The molecule has 0 unspecified atom stereocenters. The maximum Gasteiger partial charge on any atom is 0.325 e. The van der Waals surface area contributed by atoms with E-state index in [1.165, 1.54) is 7.11 Å². The zero-order valence-electron chi connectivity index (χ0n) is 14.9. The first kappa shape index (κ1) is 20.2. The molecule has 1 saturated heterocycles. The molecule has 2 aromatic rings. The van der Waals surface area contributed by atoms with E-state index in [-0.39, 0.29) is 4.91 Å². The molecule has 0 bridgehead atoms. The standard InChI is InChI=1S/C20H16BrNO5S/c1-26-18(23)11-22-19(24)17(28-20(22)25)10-14-4-2-3-5-16(14)27-12-13-6-8-15(21)9-7-13/h2-10H,11-12H2,1H3/b17-10-. The van der Waals surface area contributed by atoms with Gasteiger partial charge >= 0.3 is 5.97 Å². The Labute approximate surface area is 174 Å². The molecule has 0 aliphatic carbocycles. The lowest BCUT2D eigenvalue weighted by molar-refractivity contribution is -0.143. The van der Waals surface area contributed by atoms with Crippen molar-refractivity contribution in [2.75, 3.05) is 13.7 Å². The molecule has 8 heteroatoms. The molecule has 2 aromatic carbocycles. The number of carbonyl (C=O) groups is 3. The second-order valence-corrected chi connectivity index (χ2v) is 7.71. The highest BCUT2D eigenvalue weighted by Crippen LogP contribution is 2.34. The minimum atomic E-state index is -0.651. The number of benzene rings is 2. The Morgan fingerprint density at radius 1 is 1.14 bits per heavy atom. The number of ether oxygens (including phenoxy) is 2. The van der Waals surface area contributed by atoms with E-state index < -0.39 is 23.7 Å². The molecule has 3 rings (SSSR count). The van der Waals surface area contributed by atoms with Gasteiger partial charge in [-0.25, -0.2) is 0 Å².